The van der Waals surface area contributed by atoms with Crippen LogP contribution >= 0.6 is 0 Å². The van der Waals surface area contributed by atoms with Crippen LogP contribution in [0.2, 0.25) is 0 Å². The number of non-ortho nitro benzene ring substituents is 1. The lowest BCUT2D eigenvalue weighted by molar-refractivity contribution is -0.384. The highest BCUT2D eigenvalue weighted by Gasteiger charge is 2.36. The van der Waals surface area contributed by atoms with Gasteiger partial charge in [0.05, 0.1) is 10.5 Å². The van der Waals surface area contributed by atoms with Gasteiger partial charge >= 0.3 is 11.9 Å². The Balaban J connectivity index is 2.06. The monoisotopic (exact) mass is 427 g/mol. The van der Waals surface area contributed by atoms with Gasteiger partial charge in [0, 0.05) is 38.5 Å². The van der Waals surface area contributed by atoms with Gasteiger partial charge in [-0.05, 0) is 18.2 Å². The molecule has 0 aromatic heterocycles. The molecule has 11 heteroatoms. The van der Waals surface area contributed by atoms with E-state index in [1.54, 1.807) is 0 Å². The number of rotatable bonds is 5. The minimum atomic E-state index is -1.17. The number of carbonyl (C=O) groups is 3. The number of hydrazone groups is 1. The van der Waals surface area contributed by atoms with Gasteiger partial charge < -0.3 is 14.2 Å². The first kappa shape index (κ1) is 21.4. The average molecular weight is 427 g/mol. The summed E-state index contributed by atoms with van der Waals surface area (Å²) in [4.78, 5) is 45.8. The standard InChI is InChI=1S/C20H17N3O8/c1-11(24)22-20(31-19(21-22)14-6-4-7-15(10-14)23(27)28)16-8-5-9-17(29-12(2)25)18(16)30-13(3)26/h4-10,20H,1-3H3/t20-/m0/s1. The molecule has 1 amide bonds. The third-order valence-electron chi connectivity index (χ3n) is 4.05. The van der Waals surface area contributed by atoms with Crippen molar-refractivity contribution in [1.82, 2.24) is 5.01 Å². The van der Waals surface area contributed by atoms with Crippen molar-refractivity contribution in [3.8, 4) is 11.5 Å². The summed E-state index contributed by atoms with van der Waals surface area (Å²) < 4.78 is 16.2. The molecule has 2 aromatic rings. The van der Waals surface area contributed by atoms with E-state index in [-0.39, 0.29) is 34.2 Å². The molecule has 11 nitrogen and oxygen atoms in total. The van der Waals surface area contributed by atoms with Crippen LogP contribution in [0.4, 0.5) is 5.69 Å². The van der Waals surface area contributed by atoms with E-state index in [0.717, 1.165) is 11.9 Å². The smallest absolute Gasteiger partial charge is 0.308 e. The molecule has 1 atom stereocenters. The van der Waals surface area contributed by atoms with Crippen LogP contribution in [0, 0.1) is 10.1 Å². The molecule has 0 radical (unpaired) electrons. The van der Waals surface area contributed by atoms with Crippen LogP contribution < -0.4 is 9.47 Å². The van der Waals surface area contributed by atoms with Gasteiger partial charge in [-0.15, -0.1) is 5.10 Å². The Labute approximate surface area is 176 Å². The Morgan fingerprint density at radius 2 is 1.74 bits per heavy atom. The van der Waals surface area contributed by atoms with Crippen molar-refractivity contribution in [3.05, 3.63) is 63.7 Å². The summed E-state index contributed by atoms with van der Waals surface area (Å²) in [6, 6.07) is 10.00. The van der Waals surface area contributed by atoms with Crippen molar-refractivity contribution in [3.63, 3.8) is 0 Å². The van der Waals surface area contributed by atoms with Gasteiger partial charge in [0.1, 0.15) is 0 Å². The Kier molecular flexibility index (Phi) is 5.95. The number of carbonyl (C=O) groups excluding carboxylic acids is 3. The van der Waals surface area contributed by atoms with Gasteiger partial charge in [-0.25, -0.2) is 0 Å². The summed E-state index contributed by atoms with van der Waals surface area (Å²) in [5, 5.41) is 16.2. The number of para-hydroxylation sites is 1. The number of esters is 2. The third-order valence-corrected chi connectivity index (χ3v) is 4.05. The third kappa shape index (κ3) is 4.66. The van der Waals surface area contributed by atoms with Crippen molar-refractivity contribution in [2.75, 3.05) is 0 Å². The highest BCUT2D eigenvalue weighted by Crippen LogP contribution is 2.41. The zero-order valence-electron chi connectivity index (χ0n) is 16.7. The van der Waals surface area contributed by atoms with Crippen molar-refractivity contribution < 1.29 is 33.5 Å². The van der Waals surface area contributed by atoms with Gasteiger partial charge in [-0.3, -0.25) is 24.5 Å². The first-order valence-corrected chi connectivity index (χ1v) is 8.97. The topological polar surface area (TPSA) is 138 Å². The molecule has 0 spiro atoms. The SMILES string of the molecule is CC(=O)Oc1cccc([C@@H]2OC(c3cccc([N+](=O)[O-])c3)=NN2C(C)=O)c1OC(C)=O. The lowest BCUT2D eigenvalue weighted by Gasteiger charge is -2.22. The summed E-state index contributed by atoms with van der Waals surface area (Å²) in [6.45, 7) is 3.59. The maximum atomic E-state index is 12.2. The number of nitrogens with zero attached hydrogens (tertiary/aromatic N) is 3. The van der Waals surface area contributed by atoms with E-state index in [0.29, 0.717) is 0 Å². The van der Waals surface area contributed by atoms with E-state index in [1.807, 2.05) is 0 Å². The van der Waals surface area contributed by atoms with E-state index >= 15 is 0 Å². The quantitative estimate of drug-likeness (QED) is 0.307. The van der Waals surface area contributed by atoms with E-state index < -0.39 is 29.0 Å². The summed E-state index contributed by atoms with van der Waals surface area (Å²) in [6.07, 6.45) is -1.17. The second-order valence-electron chi connectivity index (χ2n) is 6.41. The number of hydrogen-bond acceptors (Lipinski definition) is 9. The van der Waals surface area contributed by atoms with Gasteiger partial charge in [0.25, 0.3) is 5.69 Å². The molecule has 2 aromatic carbocycles. The van der Waals surface area contributed by atoms with E-state index in [2.05, 4.69) is 5.10 Å². The van der Waals surface area contributed by atoms with Crippen LogP contribution in [0.25, 0.3) is 0 Å². The summed E-state index contributed by atoms with van der Waals surface area (Å²) in [7, 11) is 0. The largest absolute Gasteiger partial charge is 0.446 e. The molecule has 31 heavy (non-hydrogen) atoms. The zero-order chi connectivity index (χ0) is 22.7. The normalized spacial score (nSPS) is 15.0. The minimum absolute atomic E-state index is 0.0453. The molecule has 0 N–H and O–H groups in total. The lowest BCUT2D eigenvalue weighted by Crippen LogP contribution is -2.26. The molecule has 1 aliphatic rings. The molecular formula is C20H17N3O8. The van der Waals surface area contributed by atoms with Crippen molar-refractivity contribution in [1.29, 1.82) is 0 Å². The molecule has 0 saturated heterocycles. The Morgan fingerprint density at radius 3 is 2.35 bits per heavy atom. The van der Waals surface area contributed by atoms with E-state index in [1.165, 1.54) is 56.3 Å². The number of nitro groups is 1. The van der Waals surface area contributed by atoms with Crippen LogP contribution in [0.3, 0.4) is 0 Å². The molecule has 1 aliphatic heterocycles. The van der Waals surface area contributed by atoms with Gasteiger partial charge in [-0.1, -0.05) is 12.1 Å². The number of nitro benzene ring substituents is 1. The molecule has 160 valence electrons. The van der Waals surface area contributed by atoms with Crippen molar-refractivity contribution >= 4 is 29.4 Å². The maximum Gasteiger partial charge on any atom is 0.308 e. The second-order valence-corrected chi connectivity index (χ2v) is 6.41. The zero-order valence-corrected chi connectivity index (χ0v) is 16.7. The summed E-state index contributed by atoms with van der Waals surface area (Å²) in [5.74, 6) is -2.04. The minimum Gasteiger partial charge on any atom is -0.446 e. The average Bonchev–Trinajstić information content (AvgIpc) is 3.14. The van der Waals surface area contributed by atoms with Crippen LogP contribution in [-0.2, 0) is 19.1 Å². The van der Waals surface area contributed by atoms with Gasteiger partial charge in [0.2, 0.25) is 18.0 Å². The molecule has 0 unspecified atom stereocenters. The maximum absolute atomic E-state index is 12.2. The number of ether oxygens (including phenoxy) is 3. The molecule has 3 rings (SSSR count). The molecule has 0 aliphatic carbocycles. The van der Waals surface area contributed by atoms with Crippen LogP contribution in [-0.4, -0.2) is 33.7 Å². The highest BCUT2D eigenvalue weighted by molar-refractivity contribution is 5.97. The van der Waals surface area contributed by atoms with Crippen LogP contribution in [0.1, 0.15) is 38.1 Å². The highest BCUT2D eigenvalue weighted by atomic mass is 16.6. The van der Waals surface area contributed by atoms with Crippen LogP contribution in [0.5, 0.6) is 11.5 Å². The molecular weight excluding hydrogens is 410 g/mol. The lowest BCUT2D eigenvalue weighted by atomic mass is 10.1. The number of benzene rings is 2. The van der Waals surface area contributed by atoms with E-state index in [9.17, 15) is 24.5 Å². The predicted molar refractivity (Wildman–Crippen MR) is 105 cm³/mol. The fourth-order valence-electron chi connectivity index (χ4n) is 2.85. The van der Waals surface area contributed by atoms with Crippen molar-refractivity contribution in [2.24, 2.45) is 5.10 Å². The first-order chi connectivity index (χ1) is 14.7. The molecule has 1 heterocycles. The fraction of sp³-hybridized carbons (Fsp3) is 0.200. The van der Waals surface area contributed by atoms with Crippen molar-refractivity contribution in [2.45, 2.75) is 27.0 Å². The second kappa shape index (κ2) is 8.61. The Morgan fingerprint density at radius 1 is 1.06 bits per heavy atom. The molecule has 0 fully saturated rings. The van der Waals surface area contributed by atoms with Gasteiger partial charge in [0.15, 0.2) is 11.5 Å². The summed E-state index contributed by atoms with van der Waals surface area (Å²) in [5.41, 5.74) is 0.278. The van der Waals surface area contributed by atoms with Gasteiger partial charge in [-0.2, -0.15) is 5.01 Å². The summed E-state index contributed by atoms with van der Waals surface area (Å²) >= 11 is 0. The Bertz CT molecular complexity index is 1110. The first-order valence-electron chi connectivity index (χ1n) is 8.97. The van der Waals surface area contributed by atoms with Crippen LogP contribution in [0.15, 0.2) is 47.6 Å². The number of hydrogen-bond donors (Lipinski definition) is 0. The molecule has 0 saturated carbocycles. The Hall–Kier alpha value is -4.28. The fourth-order valence-corrected chi connectivity index (χ4v) is 2.85. The van der Waals surface area contributed by atoms with E-state index in [4.69, 9.17) is 14.2 Å². The molecule has 0 bridgehead atoms. The number of amides is 1. The predicted octanol–water partition coefficient (Wildman–Crippen LogP) is 2.68.